The number of nitrogens with one attached hydrogen (secondary N) is 1. The molecule has 0 radical (unpaired) electrons. The van der Waals surface area contributed by atoms with Gasteiger partial charge in [-0.2, -0.15) is 18.3 Å². The van der Waals surface area contributed by atoms with Crippen LogP contribution in [0.4, 0.5) is 18.9 Å². The lowest BCUT2D eigenvalue weighted by Gasteiger charge is -2.13. The first kappa shape index (κ1) is 18.5. The van der Waals surface area contributed by atoms with E-state index in [-0.39, 0.29) is 5.69 Å². The highest BCUT2D eigenvalue weighted by atomic mass is 79.9. The largest absolute Gasteiger partial charge is 0.434 e. The SMILES string of the molecule is O=C(Nc1cccc(Br)c1)c1cnn(-c2ccc(Cl)cc2)c1C(F)(F)F. The zero-order valence-corrected chi connectivity index (χ0v) is 15.2. The van der Waals surface area contributed by atoms with E-state index in [4.69, 9.17) is 11.6 Å². The number of benzene rings is 2. The van der Waals surface area contributed by atoms with Gasteiger partial charge < -0.3 is 5.32 Å². The summed E-state index contributed by atoms with van der Waals surface area (Å²) in [6.07, 6.45) is -3.88. The molecule has 0 atom stereocenters. The molecule has 26 heavy (non-hydrogen) atoms. The van der Waals surface area contributed by atoms with Crippen LogP contribution in [0.15, 0.2) is 59.2 Å². The van der Waals surface area contributed by atoms with Crippen molar-refractivity contribution in [1.82, 2.24) is 9.78 Å². The molecule has 2 aromatic carbocycles. The lowest BCUT2D eigenvalue weighted by molar-refractivity contribution is -0.143. The molecule has 1 amide bonds. The number of carbonyl (C=O) groups is 1. The van der Waals surface area contributed by atoms with E-state index in [9.17, 15) is 18.0 Å². The number of anilines is 1. The second kappa shape index (κ2) is 7.13. The predicted octanol–water partition coefficient (Wildman–Crippen LogP) is 5.56. The molecule has 1 heterocycles. The van der Waals surface area contributed by atoms with E-state index >= 15 is 0 Å². The van der Waals surface area contributed by atoms with Gasteiger partial charge in [0.1, 0.15) is 0 Å². The lowest BCUT2D eigenvalue weighted by atomic mass is 10.2. The van der Waals surface area contributed by atoms with Gasteiger partial charge in [0.05, 0.1) is 17.4 Å². The topological polar surface area (TPSA) is 46.9 Å². The van der Waals surface area contributed by atoms with Gasteiger partial charge >= 0.3 is 6.18 Å². The van der Waals surface area contributed by atoms with Crippen molar-refractivity contribution in [2.24, 2.45) is 0 Å². The van der Waals surface area contributed by atoms with Crippen molar-refractivity contribution in [1.29, 1.82) is 0 Å². The molecule has 0 aliphatic rings. The van der Waals surface area contributed by atoms with E-state index in [1.807, 2.05) is 0 Å². The molecule has 3 rings (SSSR count). The third kappa shape index (κ3) is 3.91. The summed E-state index contributed by atoms with van der Waals surface area (Å²) in [5, 5.41) is 6.57. The van der Waals surface area contributed by atoms with E-state index in [1.165, 1.54) is 24.3 Å². The Morgan fingerprint density at radius 2 is 1.85 bits per heavy atom. The first-order chi connectivity index (χ1) is 12.3. The molecule has 1 N–H and O–H groups in total. The van der Waals surface area contributed by atoms with Crippen LogP contribution in [0, 0.1) is 0 Å². The Morgan fingerprint density at radius 1 is 1.15 bits per heavy atom. The Hall–Kier alpha value is -2.32. The lowest BCUT2D eigenvalue weighted by Crippen LogP contribution is -2.20. The van der Waals surface area contributed by atoms with Crippen molar-refractivity contribution in [3.8, 4) is 5.69 Å². The Labute approximate surface area is 159 Å². The molecule has 0 aliphatic heterocycles. The Balaban J connectivity index is 2.02. The third-order valence-corrected chi connectivity index (χ3v) is 4.18. The molecule has 0 saturated carbocycles. The number of halogens is 5. The summed E-state index contributed by atoms with van der Waals surface area (Å²) in [4.78, 5) is 12.4. The van der Waals surface area contributed by atoms with E-state index in [0.29, 0.717) is 19.9 Å². The highest BCUT2D eigenvalue weighted by molar-refractivity contribution is 9.10. The molecule has 0 spiro atoms. The zero-order valence-electron chi connectivity index (χ0n) is 12.9. The van der Waals surface area contributed by atoms with Crippen molar-refractivity contribution in [2.75, 3.05) is 5.32 Å². The van der Waals surface area contributed by atoms with Crippen LogP contribution in [-0.4, -0.2) is 15.7 Å². The number of carbonyl (C=O) groups excluding carboxylic acids is 1. The molecule has 9 heteroatoms. The van der Waals surface area contributed by atoms with Gasteiger partial charge in [-0.3, -0.25) is 4.79 Å². The van der Waals surface area contributed by atoms with Crippen LogP contribution in [0.5, 0.6) is 0 Å². The Bertz CT molecular complexity index is 955. The van der Waals surface area contributed by atoms with Gasteiger partial charge in [-0.1, -0.05) is 33.6 Å². The predicted molar refractivity (Wildman–Crippen MR) is 95.7 cm³/mol. The number of alkyl halides is 3. The molecule has 1 aromatic heterocycles. The molecule has 134 valence electrons. The number of rotatable bonds is 3. The van der Waals surface area contributed by atoms with Gasteiger partial charge in [0.25, 0.3) is 5.91 Å². The summed E-state index contributed by atoms with van der Waals surface area (Å²) in [7, 11) is 0. The minimum absolute atomic E-state index is 0.142. The number of hydrogen-bond donors (Lipinski definition) is 1. The van der Waals surface area contributed by atoms with E-state index in [2.05, 4.69) is 26.3 Å². The smallest absolute Gasteiger partial charge is 0.322 e. The fraction of sp³-hybridized carbons (Fsp3) is 0.0588. The minimum Gasteiger partial charge on any atom is -0.322 e. The van der Waals surface area contributed by atoms with E-state index < -0.39 is 23.3 Å². The fourth-order valence-corrected chi connectivity index (χ4v) is 2.86. The van der Waals surface area contributed by atoms with Gasteiger partial charge in [0.15, 0.2) is 5.69 Å². The fourth-order valence-electron chi connectivity index (χ4n) is 2.33. The van der Waals surface area contributed by atoms with Crippen molar-refractivity contribution in [3.05, 3.63) is 75.5 Å². The summed E-state index contributed by atoms with van der Waals surface area (Å²) >= 11 is 9.00. The van der Waals surface area contributed by atoms with E-state index in [0.717, 1.165) is 6.20 Å². The van der Waals surface area contributed by atoms with Crippen molar-refractivity contribution in [3.63, 3.8) is 0 Å². The van der Waals surface area contributed by atoms with Gasteiger partial charge in [-0.25, -0.2) is 4.68 Å². The summed E-state index contributed by atoms with van der Waals surface area (Å²) in [6, 6.07) is 12.2. The second-order valence-electron chi connectivity index (χ2n) is 5.26. The highest BCUT2D eigenvalue weighted by Gasteiger charge is 2.40. The van der Waals surface area contributed by atoms with Crippen molar-refractivity contribution >= 4 is 39.1 Å². The van der Waals surface area contributed by atoms with Crippen LogP contribution in [0.1, 0.15) is 16.1 Å². The minimum atomic E-state index is -4.78. The van der Waals surface area contributed by atoms with E-state index in [1.54, 1.807) is 24.3 Å². The summed E-state index contributed by atoms with van der Waals surface area (Å²) < 4.78 is 42.1. The maximum Gasteiger partial charge on any atom is 0.434 e. The number of amides is 1. The monoisotopic (exact) mass is 443 g/mol. The van der Waals surface area contributed by atoms with Crippen LogP contribution in [-0.2, 0) is 6.18 Å². The maximum absolute atomic E-state index is 13.6. The third-order valence-electron chi connectivity index (χ3n) is 3.44. The molecular weight excluding hydrogens is 435 g/mol. The normalized spacial score (nSPS) is 11.4. The van der Waals surface area contributed by atoms with Crippen molar-refractivity contribution < 1.29 is 18.0 Å². The van der Waals surface area contributed by atoms with Crippen LogP contribution >= 0.6 is 27.5 Å². The second-order valence-corrected chi connectivity index (χ2v) is 6.61. The van der Waals surface area contributed by atoms with Crippen molar-refractivity contribution in [2.45, 2.75) is 6.18 Å². The Kier molecular flexibility index (Phi) is 5.06. The standard InChI is InChI=1S/C17H10BrClF3N3O/c18-10-2-1-3-12(8-10)24-16(26)14-9-23-25(15(14)17(20,21)22)13-6-4-11(19)5-7-13/h1-9H,(H,24,26). The number of nitrogens with zero attached hydrogens (tertiary/aromatic N) is 2. The molecule has 4 nitrogen and oxygen atoms in total. The summed E-state index contributed by atoms with van der Waals surface area (Å²) in [5.41, 5.74) is -1.24. The maximum atomic E-state index is 13.6. The molecule has 0 aliphatic carbocycles. The molecule has 0 unspecified atom stereocenters. The van der Waals surface area contributed by atoms with Crippen LogP contribution in [0.2, 0.25) is 5.02 Å². The highest BCUT2D eigenvalue weighted by Crippen LogP contribution is 2.34. The molecule has 0 saturated heterocycles. The van der Waals surface area contributed by atoms with Gasteiger partial charge in [-0.15, -0.1) is 0 Å². The molecule has 0 fully saturated rings. The summed E-state index contributed by atoms with van der Waals surface area (Å²) in [6.45, 7) is 0. The molecule has 3 aromatic rings. The number of aromatic nitrogens is 2. The van der Waals surface area contributed by atoms with Gasteiger partial charge in [0, 0.05) is 15.2 Å². The molecule has 0 bridgehead atoms. The van der Waals surface area contributed by atoms with Crippen LogP contribution in [0.25, 0.3) is 5.69 Å². The first-order valence-corrected chi connectivity index (χ1v) is 8.41. The zero-order chi connectivity index (χ0) is 18.9. The average Bonchev–Trinajstić information content (AvgIpc) is 3.01. The Morgan fingerprint density at radius 3 is 2.46 bits per heavy atom. The summed E-state index contributed by atoms with van der Waals surface area (Å²) in [5.74, 6) is -0.907. The van der Waals surface area contributed by atoms with Crippen LogP contribution in [0.3, 0.4) is 0 Å². The first-order valence-electron chi connectivity index (χ1n) is 7.24. The van der Waals surface area contributed by atoms with Crippen LogP contribution < -0.4 is 5.32 Å². The average molecular weight is 445 g/mol. The number of hydrogen-bond acceptors (Lipinski definition) is 2. The van der Waals surface area contributed by atoms with Gasteiger partial charge in [0.2, 0.25) is 0 Å². The molecular formula is C17H10BrClF3N3O. The quantitative estimate of drug-likeness (QED) is 0.575. The van der Waals surface area contributed by atoms with Gasteiger partial charge in [-0.05, 0) is 42.5 Å².